The van der Waals surface area contributed by atoms with Crippen molar-refractivity contribution in [3.05, 3.63) is 59.1 Å². The third-order valence-corrected chi connectivity index (χ3v) is 5.20. The number of piperidine rings is 1. The Kier molecular flexibility index (Phi) is 6.40. The molecule has 28 heavy (non-hydrogen) atoms. The number of halogens is 4. The number of benzene rings is 2. The van der Waals surface area contributed by atoms with E-state index in [0.29, 0.717) is 17.4 Å². The number of ether oxygens (including phenoxy) is 2. The molecule has 152 valence electrons. The molecule has 1 aliphatic heterocycles. The van der Waals surface area contributed by atoms with Crippen molar-refractivity contribution in [3.8, 4) is 11.5 Å². The third-order valence-electron chi connectivity index (χ3n) is 4.95. The molecule has 1 fully saturated rings. The molecule has 1 heterocycles. The Morgan fingerprint density at radius 2 is 1.54 bits per heavy atom. The summed E-state index contributed by atoms with van der Waals surface area (Å²) in [6.07, 6.45) is -2.56. The summed E-state index contributed by atoms with van der Waals surface area (Å²) < 4.78 is 49.4. The number of rotatable bonds is 6. The number of nitrogens with zero attached hydrogens (tertiary/aromatic N) is 1. The van der Waals surface area contributed by atoms with Crippen LogP contribution in [0.2, 0.25) is 5.02 Å². The van der Waals surface area contributed by atoms with Crippen molar-refractivity contribution in [2.24, 2.45) is 0 Å². The summed E-state index contributed by atoms with van der Waals surface area (Å²) >= 11 is 5.90. The van der Waals surface area contributed by atoms with Crippen LogP contribution in [0.25, 0.3) is 0 Å². The summed E-state index contributed by atoms with van der Waals surface area (Å²) in [5, 5.41) is 0.681. The van der Waals surface area contributed by atoms with E-state index in [0.717, 1.165) is 50.4 Å². The Hall–Kier alpha value is -1.92. The van der Waals surface area contributed by atoms with Crippen molar-refractivity contribution in [2.75, 3.05) is 26.2 Å². The molecule has 3 rings (SSSR count). The molecule has 1 aliphatic rings. The van der Waals surface area contributed by atoms with Crippen LogP contribution in [0.1, 0.15) is 25.3 Å². The first-order valence-electron chi connectivity index (χ1n) is 9.21. The number of hydrogen-bond acceptors (Lipinski definition) is 3. The fourth-order valence-electron chi connectivity index (χ4n) is 3.17. The Balaban J connectivity index is 1.41. The molecule has 0 saturated carbocycles. The lowest BCUT2D eigenvalue weighted by Gasteiger charge is -2.39. The first kappa shape index (κ1) is 20.8. The minimum Gasteiger partial charge on any atom is -0.492 e. The van der Waals surface area contributed by atoms with Crippen LogP contribution >= 0.6 is 11.6 Å². The molecule has 0 bridgehead atoms. The highest BCUT2D eigenvalue weighted by Gasteiger charge is 2.32. The Morgan fingerprint density at radius 1 is 0.964 bits per heavy atom. The molecule has 2 aromatic carbocycles. The standard InChI is InChI=1S/C21H23ClF3NO2/c1-20(28-19-8-4-17(22)5-9-19)10-12-26(13-11-20)14-15-27-18-6-2-16(3-7-18)21(23,24)25/h2-9H,10-15H2,1H3. The van der Waals surface area contributed by atoms with Crippen molar-refractivity contribution in [1.29, 1.82) is 0 Å². The van der Waals surface area contributed by atoms with Crippen LogP contribution in [0.15, 0.2) is 48.5 Å². The summed E-state index contributed by atoms with van der Waals surface area (Å²) in [6, 6.07) is 12.2. The van der Waals surface area contributed by atoms with Crippen molar-refractivity contribution < 1.29 is 22.6 Å². The first-order valence-corrected chi connectivity index (χ1v) is 9.58. The Labute approximate surface area is 168 Å². The van der Waals surface area contributed by atoms with Crippen LogP contribution in [-0.2, 0) is 6.18 Å². The molecule has 7 heteroatoms. The van der Waals surface area contributed by atoms with Gasteiger partial charge in [-0.3, -0.25) is 4.90 Å². The summed E-state index contributed by atoms with van der Waals surface area (Å²) in [4.78, 5) is 2.27. The molecular formula is C21H23ClF3NO2. The Morgan fingerprint density at radius 3 is 2.11 bits per heavy atom. The lowest BCUT2D eigenvalue weighted by atomic mass is 9.93. The minimum atomic E-state index is -4.33. The van der Waals surface area contributed by atoms with Gasteiger partial charge in [-0.2, -0.15) is 13.2 Å². The maximum Gasteiger partial charge on any atom is 0.416 e. The van der Waals surface area contributed by atoms with Gasteiger partial charge < -0.3 is 9.47 Å². The van der Waals surface area contributed by atoms with E-state index in [1.807, 2.05) is 24.3 Å². The number of likely N-dealkylation sites (tertiary alicyclic amines) is 1. The highest BCUT2D eigenvalue weighted by molar-refractivity contribution is 6.30. The quantitative estimate of drug-likeness (QED) is 0.609. The zero-order valence-electron chi connectivity index (χ0n) is 15.6. The Bertz CT molecular complexity index is 755. The topological polar surface area (TPSA) is 21.7 Å². The zero-order chi connectivity index (χ0) is 20.2. The molecule has 0 amide bonds. The molecule has 0 radical (unpaired) electrons. The first-order chi connectivity index (χ1) is 13.2. The van der Waals surface area contributed by atoms with Gasteiger partial charge in [0.25, 0.3) is 0 Å². The maximum absolute atomic E-state index is 12.6. The SMILES string of the molecule is CC1(Oc2ccc(Cl)cc2)CCN(CCOc2ccc(C(F)(F)F)cc2)CC1. The molecular weight excluding hydrogens is 391 g/mol. The van der Waals surface area contributed by atoms with Crippen LogP contribution in [0.4, 0.5) is 13.2 Å². The molecule has 0 N–H and O–H groups in total. The van der Waals surface area contributed by atoms with Gasteiger partial charge in [-0.25, -0.2) is 0 Å². The highest BCUT2D eigenvalue weighted by atomic mass is 35.5. The fraction of sp³-hybridized carbons (Fsp3) is 0.429. The van der Waals surface area contributed by atoms with Crippen molar-refractivity contribution in [3.63, 3.8) is 0 Å². The molecule has 1 saturated heterocycles. The lowest BCUT2D eigenvalue weighted by Crippen LogP contribution is -2.47. The molecule has 0 aromatic heterocycles. The summed E-state index contributed by atoms with van der Waals surface area (Å²) in [6.45, 7) is 5.01. The van der Waals surface area contributed by atoms with Crippen molar-refractivity contribution in [1.82, 2.24) is 4.90 Å². The van der Waals surface area contributed by atoms with E-state index in [4.69, 9.17) is 21.1 Å². The summed E-state index contributed by atoms with van der Waals surface area (Å²) in [5.41, 5.74) is -0.894. The van der Waals surface area contributed by atoms with E-state index in [1.165, 1.54) is 12.1 Å². The van der Waals surface area contributed by atoms with Crippen LogP contribution in [0, 0.1) is 0 Å². The van der Waals surface area contributed by atoms with Gasteiger partial charge in [0.15, 0.2) is 0 Å². The van der Waals surface area contributed by atoms with Gasteiger partial charge in [-0.15, -0.1) is 0 Å². The molecule has 0 spiro atoms. The van der Waals surface area contributed by atoms with E-state index < -0.39 is 11.7 Å². The minimum absolute atomic E-state index is 0.224. The van der Waals surface area contributed by atoms with E-state index in [9.17, 15) is 13.2 Å². The van der Waals surface area contributed by atoms with E-state index in [1.54, 1.807) is 0 Å². The second-order valence-electron chi connectivity index (χ2n) is 7.22. The molecule has 0 aliphatic carbocycles. The maximum atomic E-state index is 12.6. The van der Waals surface area contributed by atoms with Gasteiger partial charge in [0.1, 0.15) is 23.7 Å². The molecule has 0 unspecified atom stereocenters. The molecule has 2 aromatic rings. The number of alkyl halides is 3. The van der Waals surface area contributed by atoms with E-state index >= 15 is 0 Å². The van der Waals surface area contributed by atoms with Gasteiger partial charge in [-0.1, -0.05) is 11.6 Å². The van der Waals surface area contributed by atoms with Gasteiger partial charge in [0, 0.05) is 24.7 Å². The normalized spacial score (nSPS) is 17.3. The molecule has 3 nitrogen and oxygen atoms in total. The van der Waals surface area contributed by atoms with Crippen LogP contribution in [0.3, 0.4) is 0 Å². The smallest absolute Gasteiger partial charge is 0.416 e. The third kappa shape index (κ3) is 5.79. The van der Waals surface area contributed by atoms with Gasteiger partial charge in [0.2, 0.25) is 0 Å². The van der Waals surface area contributed by atoms with Crippen LogP contribution in [-0.4, -0.2) is 36.7 Å². The van der Waals surface area contributed by atoms with Crippen molar-refractivity contribution in [2.45, 2.75) is 31.5 Å². The molecule has 0 atom stereocenters. The predicted molar refractivity (Wildman–Crippen MR) is 103 cm³/mol. The fourth-order valence-corrected chi connectivity index (χ4v) is 3.30. The van der Waals surface area contributed by atoms with E-state index in [-0.39, 0.29) is 5.60 Å². The zero-order valence-corrected chi connectivity index (χ0v) is 16.4. The average molecular weight is 414 g/mol. The summed E-state index contributed by atoms with van der Waals surface area (Å²) in [7, 11) is 0. The van der Waals surface area contributed by atoms with Gasteiger partial charge in [0.05, 0.1) is 5.56 Å². The van der Waals surface area contributed by atoms with Gasteiger partial charge in [-0.05, 0) is 68.3 Å². The largest absolute Gasteiger partial charge is 0.492 e. The average Bonchev–Trinajstić information content (AvgIpc) is 2.65. The predicted octanol–water partition coefficient (Wildman–Crippen LogP) is 5.67. The lowest BCUT2D eigenvalue weighted by molar-refractivity contribution is -0.137. The number of hydrogen-bond donors (Lipinski definition) is 0. The van der Waals surface area contributed by atoms with Crippen LogP contribution < -0.4 is 9.47 Å². The second-order valence-corrected chi connectivity index (χ2v) is 7.65. The highest BCUT2D eigenvalue weighted by Crippen LogP contribution is 2.31. The second kappa shape index (κ2) is 8.62. The van der Waals surface area contributed by atoms with Crippen LogP contribution in [0.5, 0.6) is 11.5 Å². The monoisotopic (exact) mass is 413 g/mol. The van der Waals surface area contributed by atoms with E-state index in [2.05, 4.69) is 11.8 Å². The van der Waals surface area contributed by atoms with Gasteiger partial charge >= 0.3 is 6.18 Å². The summed E-state index contributed by atoms with van der Waals surface area (Å²) in [5.74, 6) is 1.26. The van der Waals surface area contributed by atoms with Crippen molar-refractivity contribution >= 4 is 11.6 Å².